The summed E-state index contributed by atoms with van der Waals surface area (Å²) in [4.78, 5) is 0. The SMILES string of the molecule is CCC(C)NCC(C)(C)c1ccccc1. The fourth-order valence-corrected chi connectivity index (χ4v) is 1.57. The summed E-state index contributed by atoms with van der Waals surface area (Å²) < 4.78 is 0. The topological polar surface area (TPSA) is 12.0 Å². The standard InChI is InChI=1S/C14H23N/c1-5-12(2)15-11-14(3,4)13-9-7-6-8-10-13/h6-10,12,15H,5,11H2,1-4H3. The number of benzene rings is 1. The molecule has 0 bridgehead atoms. The molecule has 0 aromatic heterocycles. The van der Waals surface area contributed by atoms with Crippen molar-refractivity contribution in [1.82, 2.24) is 5.32 Å². The zero-order valence-electron chi connectivity index (χ0n) is 10.4. The second-order valence-corrected chi connectivity index (χ2v) is 4.94. The highest BCUT2D eigenvalue weighted by Gasteiger charge is 2.20. The van der Waals surface area contributed by atoms with Gasteiger partial charge in [0.25, 0.3) is 0 Å². The second-order valence-electron chi connectivity index (χ2n) is 4.94. The van der Waals surface area contributed by atoms with E-state index in [1.165, 1.54) is 12.0 Å². The van der Waals surface area contributed by atoms with Crippen LogP contribution in [0.1, 0.15) is 39.7 Å². The van der Waals surface area contributed by atoms with Gasteiger partial charge in [0.05, 0.1) is 0 Å². The molecule has 0 radical (unpaired) electrons. The fourth-order valence-electron chi connectivity index (χ4n) is 1.57. The van der Waals surface area contributed by atoms with Crippen molar-refractivity contribution in [3.05, 3.63) is 35.9 Å². The van der Waals surface area contributed by atoms with Crippen LogP contribution in [-0.2, 0) is 5.41 Å². The molecule has 0 aliphatic heterocycles. The van der Waals surface area contributed by atoms with E-state index < -0.39 is 0 Å². The summed E-state index contributed by atoms with van der Waals surface area (Å²) in [5, 5.41) is 3.57. The van der Waals surface area contributed by atoms with E-state index in [9.17, 15) is 0 Å². The van der Waals surface area contributed by atoms with Crippen LogP contribution < -0.4 is 5.32 Å². The van der Waals surface area contributed by atoms with Crippen LogP contribution >= 0.6 is 0 Å². The van der Waals surface area contributed by atoms with Gasteiger partial charge in [0.2, 0.25) is 0 Å². The van der Waals surface area contributed by atoms with Gasteiger partial charge in [-0.1, -0.05) is 51.1 Å². The molecule has 1 heteroatoms. The molecule has 0 spiro atoms. The minimum Gasteiger partial charge on any atom is -0.313 e. The van der Waals surface area contributed by atoms with Crippen molar-refractivity contribution in [3.63, 3.8) is 0 Å². The van der Waals surface area contributed by atoms with Gasteiger partial charge in [-0.15, -0.1) is 0 Å². The third-order valence-corrected chi connectivity index (χ3v) is 3.06. The maximum Gasteiger partial charge on any atom is 0.00456 e. The van der Waals surface area contributed by atoms with Crippen molar-refractivity contribution in [2.75, 3.05) is 6.54 Å². The van der Waals surface area contributed by atoms with E-state index in [2.05, 4.69) is 63.3 Å². The Morgan fingerprint density at radius 1 is 1.20 bits per heavy atom. The Balaban J connectivity index is 2.59. The Labute approximate surface area is 93.9 Å². The Bertz CT molecular complexity index is 277. The minimum atomic E-state index is 0.213. The predicted octanol–water partition coefficient (Wildman–Crippen LogP) is 3.35. The minimum absolute atomic E-state index is 0.213. The normalized spacial score (nSPS) is 13.9. The van der Waals surface area contributed by atoms with Crippen LogP contribution in [-0.4, -0.2) is 12.6 Å². The van der Waals surface area contributed by atoms with Crippen LogP contribution in [0.15, 0.2) is 30.3 Å². The predicted molar refractivity (Wildman–Crippen MR) is 67.2 cm³/mol. The van der Waals surface area contributed by atoms with E-state index in [-0.39, 0.29) is 5.41 Å². The molecule has 0 heterocycles. The Hall–Kier alpha value is -0.820. The summed E-state index contributed by atoms with van der Waals surface area (Å²) in [5.74, 6) is 0. The third-order valence-electron chi connectivity index (χ3n) is 3.06. The average Bonchev–Trinajstić information content (AvgIpc) is 2.27. The third kappa shape index (κ3) is 3.67. The summed E-state index contributed by atoms with van der Waals surface area (Å²) in [5.41, 5.74) is 1.62. The summed E-state index contributed by atoms with van der Waals surface area (Å²) in [6.07, 6.45) is 1.19. The molecule has 84 valence electrons. The molecule has 0 aliphatic carbocycles. The molecule has 0 fully saturated rings. The largest absolute Gasteiger partial charge is 0.313 e. The highest BCUT2D eigenvalue weighted by molar-refractivity contribution is 5.23. The first kappa shape index (κ1) is 12.3. The van der Waals surface area contributed by atoms with E-state index in [1.54, 1.807) is 0 Å². The van der Waals surface area contributed by atoms with E-state index in [4.69, 9.17) is 0 Å². The quantitative estimate of drug-likeness (QED) is 0.777. The van der Waals surface area contributed by atoms with Crippen molar-refractivity contribution < 1.29 is 0 Å². The zero-order chi connectivity index (χ0) is 11.3. The molecular weight excluding hydrogens is 182 g/mol. The molecule has 0 amide bonds. The summed E-state index contributed by atoms with van der Waals surface area (Å²) in [7, 11) is 0. The highest BCUT2D eigenvalue weighted by atomic mass is 14.9. The molecule has 1 aromatic carbocycles. The summed E-state index contributed by atoms with van der Waals surface area (Å²) in [6.45, 7) is 10.1. The van der Waals surface area contributed by atoms with E-state index in [1.807, 2.05) is 0 Å². The maximum absolute atomic E-state index is 3.57. The first-order valence-corrected chi connectivity index (χ1v) is 5.85. The number of rotatable bonds is 5. The monoisotopic (exact) mass is 205 g/mol. The van der Waals surface area contributed by atoms with Crippen LogP contribution in [0.3, 0.4) is 0 Å². The maximum atomic E-state index is 3.57. The van der Waals surface area contributed by atoms with Crippen LogP contribution in [0.2, 0.25) is 0 Å². The van der Waals surface area contributed by atoms with Crippen molar-refractivity contribution in [2.24, 2.45) is 0 Å². The molecule has 1 rings (SSSR count). The zero-order valence-corrected chi connectivity index (χ0v) is 10.4. The molecule has 1 atom stereocenters. The fraction of sp³-hybridized carbons (Fsp3) is 0.571. The Morgan fingerprint density at radius 2 is 1.80 bits per heavy atom. The summed E-state index contributed by atoms with van der Waals surface area (Å²) >= 11 is 0. The average molecular weight is 205 g/mol. The van der Waals surface area contributed by atoms with Crippen LogP contribution in [0.4, 0.5) is 0 Å². The van der Waals surface area contributed by atoms with Crippen molar-refractivity contribution in [2.45, 2.75) is 45.6 Å². The van der Waals surface area contributed by atoms with Gasteiger partial charge in [-0.05, 0) is 18.9 Å². The van der Waals surface area contributed by atoms with Gasteiger partial charge in [-0.3, -0.25) is 0 Å². The number of hydrogen-bond acceptors (Lipinski definition) is 1. The lowest BCUT2D eigenvalue weighted by molar-refractivity contribution is 0.424. The Morgan fingerprint density at radius 3 is 2.33 bits per heavy atom. The van der Waals surface area contributed by atoms with E-state index in [0.29, 0.717) is 6.04 Å². The van der Waals surface area contributed by atoms with E-state index in [0.717, 1.165) is 6.54 Å². The van der Waals surface area contributed by atoms with Gasteiger partial charge >= 0.3 is 0 Å². The lowest BCUT2D eigenvalue weighted by atomic mass is 9.84. The first-order valence-electron chi connectivity index (χ1n) is 5.85. The molecule has 1 unspecified atom stereocenters. The molecule has 0 saturated carbocycles. The van der Waals surface area contributed by atoms with Gasteiger partial charge in [-0.2, -0.15) is 0 Å². The molecular formula is C14H23N. The second kappa shape index (κ2) is 5.32. The first-order chi connectivity index (χ1) is 7.06. The van der Waals surface area contributed by atoms with Gasteiger partial charge in [-0.25, -0.2) is 0 Å². The highest BCUT2D eigenvalue weighted by Crippen LogP contribution is 2.21. The van der Waals surface area contributed by atoms with Gasteiger partial charge in [0, 0.05) is 18.0 Å². The van der Waals surface area contributed by atoms with Crippen molar-refractivity contribution in [3.8, 4) is 0 Å². The molecule has 0 aliphatic rings. The van der Waals surface area contributed by atoms with Gasteiger partial charge < -0.3 is 5.32 Å². The summed E-state index contributed by atoms with van der Waals surface area (Å²) in [6, 6.07) is 11.3. The van der Waals surface area contributed by atoms with E-state index >= 15 is 0 Å². The van der Waals surface area contributed by atoms with Crippen LogP contribution in [0.5, 0.6) is 0 Å². The molecule has 1 nitrogen and oxygen atoms in total. The number of nitrogens with one attached hydrogen (secondary N) is 1. The molecule has 1 N–H and O–H groups in total. The van der Waals surface area contributed by atoms with Crippen LogP contribution in [0, 0.1) is 0 Å². The van der Waals surface area contributed by atoms with Gasteiger partial charge in [0.15, 0.2) is 0 Å². The lowest BCUT2D eigenvalue weighted by Gasteiger charge is -2.27. The van der Waals surface area contributed by atoms with Crippen LogP contribution in [0.25, 0.3) is 0 Å². The lowest BCUT2D eigenvalue weighted by Crippen LogP contribution is -2.37. The molecule has 15 heavy (non-hydrogen) atoms. The van der Waals surface area contributed by atoms with Crippen molar-refractivity contribution in [1.29, 1.82) is 0 Å². The molecule has 1 aromatic rings. The molecule has 0 saturated heterocycles. The Kier molecular flexibility index (Phi) is 4.34. The number of hydrogen-bond donors (Lipinski definition) is 1. The van der Waals surface area contributed by atoms with Gasteiger partial charge in [0.1, 0.15) is 0 Å². The van der Waals surface area contributed by atoms with Crippen molar-refractivity contribution >= 4 is 0 Å². The smallest absolute Gasteiger partial charge is 0.00456 e.